The van der Waals surface area contributed by atoms with Crippen molar-refractivity contribution in [2.75, 3.05) is 13.7 Å². The molecule has 0 radical (unpaired) electrons. The van der Waals surface area contributed by atoms with Crippen LogP contribution in [0, 0.1) is 0 Å². The van der Waals surface area contributed by atoms with Gasteiger partial charge in [-0.15, -0.1) is 0 Å². The second-order valence-corrected chi connectivity index (χ2v) is 3.51. The first-order valence-corrected chi connectivity index (χ1v) is 4.80. The van der Waals surface area contributed by atoms with E-state index in [1.807, 2.05) is 12.1 Å². The highest BCUT2D eigenvalue weighted by atomic mass is 35.5. The molecule has 0 N–H and O–H groups in total. The third-order valence-corrected chi connectivity index (χ3v) is 2.48. The third-order valence-electron chi connectivity index (χ3n) is 2.18. The molecule has 0 unspecified atom stereocenters. The van der Waals surface area contributed by atoms with Crippen LogP contribution in [0.15, 0.2) is 24.3 Å². The monoisotopic (exact) mass is 224 g/mol. The summed E-state index contributed by atoms with van der Waals surface area (Å²) in [5, 5.41) is 0.556. The third kappa shape index (κ3) is 1.83. The Morgan fingerprint density at radius 2 is 2.40 bits per heavy atom. The zero-order valence-electron chi connectivity index (χ0n) is 8.12. The summed E-state index contributed by atoms with van der Waals surface area (Å²) in [5.74, 6) is 0.246. The summed E-state index contributed by atoms with van der Waals surface area (Å²) in [6.45, 7) is 0.355. The van der Waals surface area contributed by atoms with Gasteiger partial charge in [-0.3, -0.25) is 0 Å². The van der Waals surface area contributed by atoms with Gasteiger partial charge in [0.15, 0.2) is 0 Å². The Hall–Kier alpha value is -1.48. The van der Waals surface area contributed by atoms with Gasteiger partial charge in [-0.1, -0.05) is 23.7 Å². The summed E-state index contributed by atoms with van der Waals surface area (Å²) in [5.41, 5.74) is 1.65. The van der Waals surface area contributed by atoms with Gasteiger partial charge in [0.05, 0.1) is 12.1 Å². The van der Waals surface area contributed by atoms with Crippen LogP contribution in [-0.4, -0.2) is 19.7 Å². The van der Waals surface area contributed by atoms with Crippen LogP contribution in [0.25, 0.3) is 5.57 Å². The summed E-state index contributed by atoms with van der Waals surface area (Å²) in [7, 11) is 1.34. The molecule has 0 fully saturated rings. The molecular formula is C11H9ClO3. The van der Waals surface area contributed by atoms with E-state index in [4.69, 9.17) is 16.3 Å². The number of benzene rings is 1. The maximum absolute atomic E-state index is 11.1. The molecule has 0 spiro atoms. The number of carbonyl (C=O) groups excluding carboxylic acids is 1. The van der Waals surface area contributed by atoms with Gasteiger partial charge in [-0.05, 0) is 6.07 Å². The van der Waals surface area contributed by atoms with Crippen molar-refractivity contribution in [1.29, 1.82) is 0 Å². The van der Waals surface area contributed by atoms with Crippen molar-refractivity contribution in [3.8, 4) is 5.75 Å². The van der Waals surface area contributed by atoms with Crippen LogP contribution in [0.4, 0.5) is 0 Å². The summed E-state index contributed by atoms with van der Waals surface area (Å²) < 4.78 is 9.93. The van der Waals surface area contributed by atoms with Crippen molar-refractivity contribution in [3.63, 3.8) is 0 Å². The van der Waals surface area contributed by atoms with Gasteiger partial charge in [-0.25, -0.2) is 4.79 Å². The van der Waals surface area contributed by atoms with Crippen LogP contribution in [-0.2, 0) is 9.53 Å². The fourth-order valence-electron chi connectivity index (χ4n) is 1.46. The molecule has 1 aromatic carbocycles. The number of hydrogen-bond acceptors (Lipinski definition) is 3. The van der Waals surface area contributed by atoms with Crippen LogP contribution in [0.3, 0.4) is 0 Å². The van der Waals surface area contributed by atoms with Crippen molar-refractivity contribution in [1.82, 2.24) is 0 Å². The first kappa shape index (κ1) is 10.1. The van der Waals surface area contributed by atoms with Crippen LogP contribution in [0.1, 0.15) is 5.56 Å². The summed E-state index contributed by atoms with van der Waals surface area (Å²) in [6, 6.07) is 5.44. The first-order valence-electron chi connectivity index (χ1n) is 4.42. The summed E-state index contributed by atoms with van der Waals surface area (Å²) in [6.07, 6.45) is 1.42. The molecule has 2 rings (SSSR count). The van der Waals surface area contributed by atoms with Crippen molar-refractivity contribution >= 4 is 23.1 Å². The Balaban J connectivity index is 2.41. The smallest absolute Gasteiger partial charge is 0.330 e. The van der Waals surface area contributed by atoms with Crippen LogP contribution in [0.5, 0.6) is 5.75 Å². The zero-order chi connectivity index (χ0) is 10.8. The van der Waals surface area contributed by atoms with Crippen LogP contribution in [0.2, 0.25) is 5.02 Å². The Bertz CT molecular complexity index is 437. The minimum atomic E-state index is -0.388. The van der Waals surface area contributed by atoms with E-state index in [0.29, 0.717) is 17.4 Å². The van der Waals surface area contributed by atoms with Gasteiger partial charge in [0, 0.05) is 17.2 Å². The minimum absolute atomic E-state index is 0.355. The first-order chi connectivity index (χ1) is 7.22. The lowest BCUT2D eigenvalue weighted by Crippen LogP contribution is -1.97. The van der Waals surface area contributed by atoms with Crippen molar-refractivity contribution < 1.29 is 14.3 Å². The van der Waals surface area contributed by atoms with Gasteiger partial charge in [0.25, 0.3) is 0 Å². The van der Waals surface area contributed by atoms with Crippen molar-refractivity contribution in [2.45, 2.75) is 0 Å². The summed E-state index contributed by atoms with van der Waals surface area (Å²) in [4.78, 5) is 11.1. The van der Waals surface area contributed by atoms with Gasteiger partial charge in [0.1, 0.15) is 12.4 Å². The highest BCUT2D eigenvalue weighted by Crippen LogP contribution is 2.38. The number of rotatable bonds is 1. The lowest BCUT2D eigenvalue weighted by atomic mass is 10.1. The molecule has 0 saturated carbocycles. The molecule has 15 heavy (non-hydrogen) atoms. The Morgan fingerprint density at radius 1 is 1.60 bits per heavy atom. The molecule has 0 saturated heterocycles. The molecule has 1 aliphatic rings. The number of esters is 1. The van der Waals surface area contributed by atoms with Crippen LogP contribution < -0.4 is 4.74 Å². The topological polar surface area (TPSA) is 35.5 Å². The quantitative estimate of drug-likeness (QED) is 0.542. The highest BCUT2D eigenvalue weighted by molar-refractivity contribution is 6.32. The van der Waals surface area contributed by atoms with E-state index < -0.39 is 0 Å². The number of halogens is 1. The second kappa shape index (κ2) is 3.95. The Labute approximate surface area is 92.3 Å². The minimum Gasteiger partial charge on any atom is -0.487 e. The molecule has 1 aromatic rings. The maximum Gasteiger partial charge on any atom is 0.330 e. The highest BCUT2D eigenvalue weighted by Gasteiger charge is 2.20. The Morgan fingerprint density at radius 3 is 3.13 bits per heavy atom. The molecule has 3 nitrogen and oxygen atoms in total. The number of carbonyl (C=O) groups is 1. The average Bonchev–Trinajstić information content (AvgIpc) is 2.63. The predicted octanol–water partition coefficient (Wildman–Crippen LogP) is 2.29. The molecule has 1 aliphatic heterocycles. The maximum atomic E-state index is 11.1. The van der Waals surface area contributed by atoms with E-state index in [1.165, 1.54) is 13.2 Å². The van der Waals surface area contributed by atoms with E-state index in [1.54, 1.807) is 6.07 Å². The Kier molecular flexibility index (Phi) is 2.64. The SMILES string of the molecule is COC(=O)/C=C1\COc2c(Cl)cccc21. The van der Waals surface area contributed by atoms with Gasteiger partial charge < -0.3 is 9.47 Å². The number of hydrogen-bond donors (Lipinski definition) is 0. The molecule has 0 bridgehead atoms. The van der Waals surface area contributed by atoms with E-state index >= 15 is 0 Å². The fourth-order valence-corrected chi connectivity index (χ4v) is 1.69. The lowest BCUT2D eigenvalue weighted by Gasteiger charge is -1.99. The molecule has 0 atom stereocenters. The summed E-state index contributed by atoms with van der Waals surface area (Å²) >= 11 is 5.94. The molecule has 78 valence electrons. The molecular weight excluding hydrogens is 216 g/mol. The van der Waals surface area contributed by atoms with E-state index in [-0.39, 0.29) is 5.97 Å². The number of para-hydroxylation sites is 1. The van der Waals surface area contributed by atoms with Gasteiger partial charge in [-0.2, -0.15) is 0 Å². The van der Waals surface area contributed by atoms with Crippen molar-refractivity contribution in [3.05, 3.63) is 34.9 Å². The normalized spacial score (nSPS) is 16.0. The molecule has 1 heterocycles. The zero-order valence-corrected chi connectivity index (χ0v) is 8.88. The standard InChI is InChI=1S/C11H9ClO3/c1-14-10(13)5-7-6-15-11-8(7)3-2-4-9(11)12/h2-5H,6H2,1H3/b7-5+. The van der Waals surface area contributed by atoms with Crippen molar-refractivity contribution in [2.24, 2.45) is 0 Å². The van der Waals surface area contributed by atoms with E-state index in [9.17, 15) is 4.79 Å². The van der Waals surface area contributed by atoms with E-state index in [0.717, 1.165) is 11.1 Å². The number of methoxy groups -OCH3 is 1. The molecule has 0 aromatic heterocycles. The number of fused-ring (bicyclic) bond motifs is 1. The van der Waals surface area contributed by atoms with E-state index in [2.05, 4.69) is 4.74 Å². The molecule has 0 amide bonds. The molecule has 4 heteroatoms. The average molecular weight is 225 g/mol. The van der Waals surface area contributed by atoms with Gasteiger partial charge >= 0.3 is 5.97 Å². The fraction of sp³-hybridized carbons (Fsp3) is 0.182. The largest absolute Gasteiger partial charge is 0.487 e. The van der Waals surface area contributed by atoms with Gasteiger partial charge in [0.2, 0.25) is 0 Å². The second-order valence-electron chi connectivity index (χ2n) is 3.10. The number of ether oxygens (including phenoxy) is 2. The van der Waals surface area contributed by atoms with Crippen LogP contribution >= 0.6 is 11.6 Å². The lowest BCUT2D eigenvalue weighted by molar-refractivity contribution is -0.134. The predicted molar refractivity (Wildman–Crippen MR) is 56.9 cm³/mol. The molecule has 0 aliphatic carbocycles.